The van der Waals surface area contributed by atoms with E-state index in [2.05, 4.69) is 46.6 Å². The minimum absolute atomic E-state index is 0.129. The Hall–Kier alpha value is -2.43. The molecule has 1 aromatic carbocycles. The maximum Gasteiger partial charge on any atom is 0.270 e. The molecule has 1 aromatic heterocycles. The van der Waals surface area contributed by atoms with E-state index >= 15 is 0 Å². The number of aryl methyl sites for hydroxylation is 1. The Balaban J connectivity index is 1.76. The van der Waals surface area contributed by atoms with Crippen LogP contribution in [-0.2, 0) is 0 Å². The predicted octanol–water partition coefficient (Wildman–Crippen LogP) is 3.54. The van der Waals surface area contributed by atoms with Crippen LogP contribution in [0, 0.1) is 6.92 Å². The highest BCUT2D eigenvalue weighted by molar-refractivity contribution is 5.93. The Kier molecular flexibility index (Phi) is 4.28. The number of nitrogens with zero attached hydrogens (tertiary/aromatic N) is 2. The molecule has 2 N–H and O–H groups in total. The van der Waals surface area contributed by atoms with E-state index in [1.54, 1.807) is 6.07 Å². The van der Waals surface area contributed by atoms with Crippen LogP contribution in [0.3, 0.4) is 0 Å². The summed E-state index contributed by atoms with van der Waals surface area (Å²) in [6.07, 6.45) is 2.12. The average Bonchev–Trinajstić information content (AvgIpc) is 3.31. The predicted molar refractivity (Wildman–Crippen MR) is 91.1 cm³/mol. The third kappa shape index (κ3) is 4.06. The van der Waals surface area contributed by atoms with E-state index < -0.39 is 0 Å². The van der Waals surface area contributed by atoms with Crippen LogP contribution >= 0.6 is 0 Å². The Labute approximate surface area is 136 Å². The second-order valence-corrected chi connectivity index (χ2v) is 6.37. The van der Waals surface area contributed by atoms with Gasteiger partial charge in [0.2, 0.25) is 5.95 Å². The molecule has 1 heterocycles. The molecule has 0 saturated heterocycles. The van der Waals surface area contributed by atoms with Gasteiger partial charge in [0.05, 0.1) is 0 Å². The van der Waals surface area contributed by atoms with Gasteiger partial charge in [0.15, 0.2) is 0 Å². The van der Waals surface area contributed by atoms with Crippen molar-refractivity contribution in [3.8, 4) is 0 Å². The molecule has 1 aliphatic rings. The molecule has 0 spiro atoms. The summed E-state index contributed by atoms with van der Waals surface area (Å²) in [5.74, 6) is 0.816. The van der Waals surface area contributed by atoms with Crippen molar-refractivity contribution in [2.75, 3.05) is 5.32 Å². The molecule has 1 fully saturated rings. The van der Waals surface area contributed by atoms with Crippen LogP contribution in [0.2, 0.25) is 0 Å². The van der Waals surface area contributed by atoms with E-state index in [9.17, 15) is 4.79 Å². The number of hydrogen-bond acceptors (Lipinski definition) is 4. The number of amides is 1. The van der Waals surface area contributed by atoms with Gasteiger partial charge in [-0.05, 0) is 49.4 Å². The topological polar surface area (TPSA) is 66.9 Å². The standard InChI is InChI=1S/C18H22N4O/c1-11(2)13-4-6-15(7-5-13)21-18-19-12(3)10-16(22-18)17(23)20-14-8-9-14/h4-7,10-11,14H,8-9H2,1-3H3,(H,20,23)(H,19,21,22). The summed E-state index contributed by atoms with van der Waals surface area (Å²) < 4.78 is 0. The lowest BCUT2D eigenvalue weighted by Crippen LogP contribution is -2.26. The van der Waals surface area contributed by atoms with Crippen molar-refractivity contribution < 1.29 is 4.79 Å². The molecule has 5 heteroatoms. The first-order valence-electron chi connectivity index (χ1n) is 8.05. The highest BCUT2D eigenvalue weighted by atomic mass is 16.2. The lowest BCUT2D eigenvalue weighted by molar-refractivity contribution is 0.0946. The third-order valence-electron chi connectivity index (χ3n) is 3.83. The molecule has 0 bridgehead atoms. The van der Waals surface area contributed by atoms with Gasteiger partial charge in [0.25, 0.3) is 5.91 Å². The van der Waals surface area contributed by atoms with E-state index in [1.807, 2.05) is 19.1 Å². The molecule has 1 saturated carbocycles. The Morgan fingerprint density at radius 3 is 2.48 bits per heavy atom. The largest absolute Gasteiger partial charge is 0.348 e. The molecule has 120 valence electrons. The number of benzene rings is 1. The van der Waals surface area contributed by atoms with E-state index in [0.717, 1.165) is 24.2 Å². The smallest absolute Gasteiger partial charge is 0.270 e. The molecule has 0 unspecified atom stereocenters. The first kappa shape index (κ1) is 15.5. The van der Waals surface area contributed by atoms with Crippen molar-refractivity contribution in [2.24, 2.45) is 0 Å². The fourth-order valence-corrected chi connectivity index (χ4v) is 2.31. The number of rotatable bonds is 5. The number of carbonyl (C=O) groups is 1. The quantitative estimate of drug-likeness (QED) is 0.886. The van der Waals surface area contributed by atoms with Crippen LogP contribution in [0.4, 0.5) is 11.6 Å². The summed E-state index contributed by atoms with van der Waals surface area (Å²) in [5, 5.41) is 6.12. The monoisotopic (exact) mass is 310 g/mol. The average molecular weight is 310 g/mol. The van der Waals surface area contributed by atoms with Crippen LogP contribution in [-0.4, -0.2) is 21.9 Å². The second kappa shape index (κ2) is 6.36. The molecule has 5 nitrogen and oxygen atoms in total. The number of anilines is 2. The van der Waals surface area contributed by atoms with E-state index in [-0.39, 0.29) is 5.91 Å². The number of hydrogen-bond donors (Lipinski definition) is 2. The van der Waals surface area contributed by atoms with Gasteiger partial charge in [0.1, 0.15) is 5.69 Å². The van der Waals surface area contributed by atoms with Crippen LogP contribution in [0.5, 0.6) is 0 Å². The first-order chi connectivity index (χ1) is 11.0. The summed E-state index contributed by atoms with van der Waals surface area (Å²) in [7, 11) is 0. The van der Waals surface area contributed by atoms with E-state index in [0.29, 0.717) is 23.6 Å². The van der Waals surface area contributed by atoms with Crippen molar-refractivity contribution >= 4 is 17.5 Å². The van der Waals surface area contributed by atoms with Crippen LogP contribution in [0.15, 0.2) is 30.3 Å². The van der Waals surface area contributed by atoms with Crippen LogP contribution in [0.25, 0.3) is 0 Å². The van der Waals surface area contributed by atoms with Gasteiger partial charge < -0.3 is 10.6 Å². The molecule has 1 aliphatic carbocycles. The molecule has 23 heavy (non-hydrogen) atoms. The first-order valence-corrected chi connectivity index (χ1v) is 8.05. The Morgan fingerprint density at radius 2 is 1.87 bits per heavy atom. The fraction of sp³-hybridized carbons (Fsp3) is 0.389. The van der Waals surface area contributed by atoms with Gasteiger partial charge >= 0.3 is 0 Å². The lowest BCUT2D eigenvalue weighted by atomic mass is 10.0. The van der Waals surface area contributed by atoms with Crippen molar-refractivity contribution in [3.05, 3.63) is 47.3 Å². The van der Waals surface area contributed by atoms with Crippen LogP contribution in [0.1, 0.15) is 54.4 Å². The minimum Gasteiger partial charge on any atom is -0.348 e. The van der Waals surface area contributed by atoms with Gasteiger partial charge in [-0.25, -0.2) is 9.97 Å². The molecule has 3 rings (SSSR count). The highest BCUT2D eigenvalue weighted by Crippen LogP contribution is 2.21. The summed E-state index contributed by atoms with van der Waals surface area (Å²) in [6, 6.07) is 10.2. The normalized spacial score (nSPS) is 13.9. The summed E-state index contributed by atoms with van der Waals surface area (Å²) in [5.41, 5.74) is 3.37. The highest BCUT2D eigenvalue weighted by Gasteiger charge is 2.24. The zero-order valence-electron chi connectivity index (χ0n) is 13.8. The number of nitrogens with one attached hydrogen (secondary N) is 2. The lowest BCUT2D eigenvalue weighted by Gasteiger charge is -2.10. The van der Waals surface area contributed by atoms with Gasteiger partial charge in [0, 0.05) is 17.4 Å². The molecular formula is C18H22N4O. The molecule has 2 aromatic rings. The molecule has 0 aliphatic heterocycles. The zero-order chi connectivity index (χ0) is 16.4. The van der Waals surface area contributed by atoms with E-state index in [1.165, 1.54) is 5.56 Å². The van der Waals surface area contributed by atoms with Crippen molar-refractivity contribution in [1.29, 1.82) is 0 Å². The van der Waals surface area contributed by atoms with Gasteiger partial charge in [-0.15, -0.1) is 0 Å². The van der Waals surface area contributed by atoms with Crippen molar-refractivity contribution in [3.63, 3.8) is 0 Å². The molecule has 0 atom stereocenters. The Bertz CT molecular complexity index is 705. The fourth-order valence-electron chi connectivity index (χ4n) is 2.31. The molecular weight excluding hydrogens is 288 g/mol. The maximum absolute atomic E-state index is 12.1. The van der Waals surface area contributed by atoms with E-state index in [4.69, 9.17) is 0 Å². The SMILES string of the molecule is Cc1cc(C(=O)NC2CC2)nc(Nc2ccc(C(C)C)cc2)n1. The number of aromatic nitrogens is 2. The van der Waals surface area contributed by atoms with Crippen LogP contribution < -0.4 is 10.6 Å². The molecule has 0 radical (unpaired) electrons. The minimum atomic E-state index is -0.129. The summed E-state index contributed by atoms with van der Waals surface area (Å²) in [4.78, 5) is 20.8. The molecule has 1 amide bonds. The third-order valence-corrected chi connectivity index (χ3v) is 3.83. The van der Waals surface area contributed by atoms with Crippen molar-refractivity contribution in [1.82, 2.24) is 15.3 Å². The van der Waals surface area contributed by atoms with Gasteiger partial charge in [-0.1, -0.05) is 26.0 Å². The zero-order valence-corrected chi connectivity index (χ0v) is 13.8. The maximum atomic E-state index is 12.1. The summed E-state index contributed by atoms with van der Waals surface area (Å²) in [6.45, 7) is 6.19. The Morgan fingerprint density at radius 1 is 1.17 bits per heavy atom. The number of carbonyl (C=O) groups excluding carboxylic acids is 1. The van der Waals surface area contributed by atoms with Gasteiger partial charge in [-0.3, -0.25) is 4.79 Å². The van der Waals surface area contributed by atoms with Crippen molar-refractivity contribution in [2.45, 2.75) is 45.6 Å². The second-order valence-electron chi connectivity index (χ2n) is 6.37. The summed E-state index contributed by atoms with van der Waals surface area (Å²) >= 11 is 0. The van der Waals surface area contributed by atoms with Gasteiger partial charge in [-0.2, -0.15) is 0 Å².